The molecule has 0 unspecified atom stereocenters. The monoisotopic (exact) mass is 434 g/mol. The van der Waals surface area contributed by atoms with Gasteiger partial charge < -0.3 is 0 Å². The van der Waals surface area contributed by atoms with E-state index in [2.05, 4.69) is 0 Å². The Labute approximate surface area is 173 Å². The molecule has 1 fully saturated rings. The lowest BCUT2D eigenvalue weighted by molar-refractivity contribution is 0.346. The van der Waals surface area contributed by atoms with Crippen molar-refractivity contribution >= 4 is 25.7 Å². The zero-order valence-corrected chi connectivity index (χ0v) is 18.4. The number of nitrogens with zero attached hydrogens (tertiary/aromatic N) is 2. The van der Waals surface area contributed by atoms with Gasteiger partial charge in [0.05, 0.1) is 15.5 Å². The molecule has 1 saturated heterocycles. The molecule has 2 aliphatic heterocycles. The maximum atomic E-state index is 13.2. The Morgan fingerprint density at radius 3 is 2.07 bits per heavy atom. The molecule has 0 saturated carbocycles. The van der Waals surface area contributed by atoms with Gasteiger partial charge in [0.2, 0.25) is 10.0 Å². The molecule has 0 aliphatic carbocycles. The van der Waals surface area contributed by atoms with E-state index in [0.29, 0.717) is 31.7 Å². The standard InChI is InChI=1S/C21H26N2O4S2/c1-16-6-7-19(14-17(16)2)29(26,27)23-13-10-18-15-20(8-9-21(18)23)28(24,25)22-11-4-3-5-12-22/h6-9,14-15H,3-5,10-13H2,1-2H3. The molecule has 0 amide bonds. The van der Waals surface area contributed by atoms with Crippen molar-refractivity contribution < 1.29 is 16.8 Å². The first-order valence-electron chi connectivity index (χ1n) is 9.94. The van der Waals surface area contributed by atoms with Crippen LogP contribution >= 0.6 is 0 Å². The highest BCUT2D eigenvalue weighted by molar-refractivity contribution is 7.92. The summed E-state index contributed by atoms with van der Waals surface area (Å²) < 4.78 is 55.2. The molecule has 8 heteroatoms. The third kappa shape index (κ3) is 3.58. The van der Waals surface area contributed by atoms with E-state index >= 15 is 0 Å². The molecule has 4 rings (SSSR count). The van der Waals surface area contributed by atoms with Crippen LogP contribution in [0.25, 0.3) is 0 Å². The van der Waals surface area contributed by atoms with E-state index in [4.69, 9.17) is 0 Å². The average Bonchev–Trinajstić information content (AvgIpc) is 3.14. The maximum absolute atomic E-state index is 13.2. The van der Waals surface area contributed by atoms with Gasteiger partial charge in [-0.15, -0.1) is 0 Å². The fraction of sp³-hybridized carbons (Fsp3) is 0.429. The second-order valence-corrected chi connectivity index (χ2v) is 11.6. The lowest BCUT2D eigenvalue weighted by Gasteiger charge is -2.26. The second kappa shape index (κ2) is 7.41. The van der Waals surface area contributed by atoms with Crippen molar-refractivity contribution in [2.75, 3.05) is 23.9 Å². The van der Waals surface area contributed by atoms with E-state index in [0.717, 1.165) is 36.0 Å². The largest absolute Gasteiger partial charge is 0.266 e. The molecule has 2 aromatic carbocycles. The van der Waals surface area contributed by atoms with Gasteiger partial charge in [-0.1, -0.05) is 12.5 Å². The number of piperidine rings is 1. The van der Waals surface area contributed by atoms with Crippen molar-refractivity contribution in [2.24, 2.45) is 0 Å². The summed E-state index contributed by atoms with van der Waals surface area (Å²) in [5.74, 6) is 0. The highest BCUT2D eigenvalue weighted by Crippen LogP contribution is 2.35. The molecular weight excluding hydrogens is 408 g/mol. The fourth-order valence-corrected chi connectivity index (χ4v) is 7.17. The summed E-state index contributed by atoms with van der Waals surface area (Å²) in [5, 5.41) is 0. The van der Waals surface area contributed by atoms with Crippen molar-refractivity contribution in [1.82, 2.24) is 4.31 Å². The minimum Gasteiger partial charge on any atom is -0.266 e. The van der Waals surface area contributed by atoms with Gasteiger partial charge in [0.25, 0.3) is 10.0 Å². The Balaban J connectivity index is 1.67. The Bertz CT molecular complexity index is 1150. The summed E-state index contributed by atoms with van der Waals surface area (Å²) >= 11 is 0. The third-order valence-electron chi connectivity index (χ3n) is 5.92. The molecule has 29 heavy (non-hydrogen) atoms. The van der Waals surface area contributed by atoms with Gasteiger partial charge in [-0.3, -0.25) is 4.31 Å². The van der Waals surface area contributed by atoms with Crippen LogP contribution in [-0.2, 0) is 26.5 Å². The maximum Gasteiger partial charge on any atom is 0.264 e. The van der Waals surface area contributed by atoms with Crippen LogP contribution in [0.15, 0.2) is 46.2 Å². The quantitative estimate of drug-likeness (QED) is 0.740. The van der Waals surface area contributed by atoms with Crippen molar-refractivity contribution in [3.05, 3.63) is 53.1 Å². The average molecular weight is 435 g/mol. The molecule has 2 aromatic rings. The van der Waals surface area contributed by atoms with Crippen LogP contribution in [0.1, 0.15) is 36.0 Å². The first-order chi connectivity index (χ1) is 13.7. The van der Waals surface area contributed by atoms with Crippen molar-refractivity contribution in [2.45, 2.75) is 49.3 Å². The number of hydrogen-bond donors (Lipinski definition) is 0. The minimum atomic E-state index is -3.69. The molecule has 0 N–H and O–H groups in total. The van der Waals surface area contributed by atoms with E-state index in [9.17, 15) is 16.8 Å². The predicted octanol–water partition coefficient (Wildman–Crippen LogP) is 3.23. The van der Waals surface area contributed by atoms with Crippen molar-refractivity contribution in [3.8, 4) is 0 Å². The highest BCUT2D eigenvalue weighted by Gasteiger charge is 2.33. The Hall–Kier alpha value is -1.90. The Morgan fingerprint density at radius 1 is 0.724 bits per heavy atom. The van der Waals surface area contributed by atoms with Crippen LogP contribution in [-0.4, -0.2) is 40.8 Å². The number of benzene rings is 2. The first-order valence-corrected chi connectivity index (χ1v) is 12.8. The predicted molar refractivity (Wildman–Crippen MR) is 113 cm³/mol. The zero-order valence-electron chi connectivity index (χ0n) is 16.8. The molecule has 0 radical (unpaired) electrons. The van der Waals surface area contributed by atoms with Gasteiger partial charge in [0, 0.05) is 19.6 Å². The van der Waals surface area contributed by atoms with E-state index in [1.165, 1.54) is 14.7 Å². The minimum absolute atomic E-state index is 0.253. The molecule has 0 atom stereocenters. The normalized spacial score (nSPS) is 18.1. The van der Waals surface area contributed by atoms with E-state index in [-0.39, 0.29) is 9.79 Å². The molecular formula is C21H26N2O4S2. The van der Waals surface area contributed by atoms with Crippen LogP contribution in [0, 0.1) is 13.8 Å². The van der Waals surface area contributed by atoms with Crippen LogP contribution < -0.4 is 4.31 Å². The fourth-order valence-electron chi connectivity index (χ4n) is 4.01. The molecule has 2 heterocycles. The molecule has 0 aromatic heterocycles. The summed E-state index contributed by atoms with van der Waals surface area (Å²) in [6, 6.07) is 9.96. The smallest absolute Gasteiger partial charge is 0.264 e. The number of aryl methyl sites for hydroxylation is 2. The lowest BCUT2D eigenvalue weighted by atomic mass is 10.1. The highest BCUT2D eigenvalue weighted by atomic mass is 32.2. The lowest BCUT2D eigenvalue weighted by Crippen LogP contribution is -2.35. The number of rotatable bonds is 4. The van der Waals surface area contributed by atoms with Crippen molar-refractivity contribution in [3.63, 3.8) is 0 Å². The summed E-state index contributed by atoms with van der Waals surface area (Å²) in [7, 11) is -7.22. The van der Waals surface area contributed by atoms with Crippen LogP contribution in [0.4, 0.5) is 5.69 Å². The number of sulfonamides is 2. The SMILES string of the molecule is Cc1ccc(S(=O)(=O)N2CCc3cc(S(=O)(=O)N4CCCCC4)ccc32)cc1C. The summed E-state index contributed by atoms with van der Waals surface area (Å²) in [5.41, 5.74) is 3.29. The topological polar surface area (TPSA) is 74.8 Å². The first kappa shape index (κ1) is 20.4. The molecule has 156 valence electrons. The van der Waals surface area contributed by atoms with Crippen LogP contribution in [0.5, 0.6) is 0 Å². The van der Waals surface area contributed by atoms with Gasteiger partial charge in [0.1, 0.15) is 0 Å². The van der Waals surface area contributed by atoms with Crippen molar-refractivity contribution in [1.29, 1.82) is 0 Å². The zero-order chi connectivity index (χ0) is 20.8. The third-order valence-corrected chi connectivity index (χ3v) is 9.63. The Kier molecular flexibility index (Phi) is 5.21. The number of anilines is 1. The van der Waals surface area contributed by atoms with Crippen LogP contribution in [0.2, 0.25) is 0 Å². The van der Waals surface area contributed by atoms with Crippen LogP contribution in [0.3, 0.4) is 0 Å². The molecule has 6 nitrogen and oxygen atoms in total. The van der Waals surface area contributed by atoms with Gasteiger partial charge >= 0.3 is 0 Å². The van der Waals surface area contributed by atoms with E-state index in [1.807, 2.05) is 19.9 Å². The molecule has 0 spiro atoms. The number of hydrogen-bond acceptors (Lipinski definition) is 4. The van der Waals surface area contributed by atoms with Gasteiger partial charge in [-0.05, 0) is 80.1 Å². The number of fused-ring (bicyclic) bond motifs is 1. The van der Waals surface area contributed by atoms with Gasteiger partial charge in [-0.2, -0.15) is 4.31 Å². The van der Waals surface area contributed by atoms with Gasteiger partial charge in [-0.25, -0.2) is 16.8 Å². The second-order valence-electron chi connectivity index (χ2n) is 7.83. The summed E-state index contributed by atoms with van der Waals surface area (Å²) in [4.78, 5) is 0.516. The Morgan fingerprint density at radius 2 is 1.38 bits per heavy atom. The van der Waals surface area contributed by atoms with E-state index in [1.54, 1.807) is 24.3 Å². The molecule has 0 bridgehead atoms. The van der Waals surface area contributed by atoms with E-state index < -0.39 is 20.0 Å². The summed E-state index contributed by atoms with van der Waals surface area (Å²) in [6.07, 6.45) is 3.32. The summed E-state index contributed by atoms with van der Waals surface area (Å²) in [6.45, 7) is 5.25. The molecule has 2 aliphatic rings. The van der Waals surface area contributed by atoms with Gasteiger partial charge in [0.15, 0.2) is 0 Å².